The van der Waals surface area contributed by atoms with Gasteiger partial charge in [-0.05, 0) is 49.9 Å². The van der Waals surface area contributed by atoms with Gasteiger partial charge in [-0.3, -0.25) is 4.79 Å². The lowest BCUT2D eigenvalue weighted by Crippen LogP contribution is -2.56. The summed E-state index contributed by atoms with van der Waals surface area (Å²) in [7, 11) is 1.36. The molecule has 3 aliphatic rings. The van der Waals surface area contributed by atoms with Gasteiger partial charge in [0.1, 0.15) is 0 Å². The van der Waals surface area contributed by atoms with Crippen molar-refractivity contribution >= 4 is 24.3 Å². The Hall–Kier alpha value is -1.59. The Morgan fingerprint density at radius 3 is 2.45 bits per heavy atom. The number of benzene rings is 1. The largest absolute Gasteiger partial charge is 0.465 e. The number of carbonyl (C=O) groups is 2. The van der Waals surface area contributed by atoms with Gasteiger partial charge in [-0.1, -0.05) is 12.1 Å². The highest BCUT2D eigenvalue weighted by Crippen LogP contribution is 2.43. The third-order valence-corrected chi connectivity index (χ3v) is 4.62. The maximum atomic E-state index is 12.4. The number of esters is 1. The van der Waals surface area contributed by atoms with Crippen LogP contribution in [0.5, 0.6) is 0 Å². The average Bonchev–Trinajstić information content (AvgIpc) is 3.07. The van der Waals surface area contributed by atoms with Gasteiger partial charge in [0.2, 0.25) is 5.91 Å². The SMILES string of the molecule is COC(=O)c1ccc([C@H](C)NC(=O)C23CC(CN2)C3)cc1.Cl. The normalized spacial score (nSPS) is 26.4. The van der Waals surface area contributed by atoms with Gasteiger partial charge in [0.25, 0.3) is 0 Å². The minimum absolute atomic E-state index is 0. The number of fused-ring (bicyclic) bond motifs is 1. The second-order valence-corrected chi connectivity index (χ2v) is 6.05. The molecule has 2 bridgehead atoms. The van der Waals surface area contributed by atoms with E-state index in [1.54, 1.807) is 12.1 Å². The summed E-state index contributed by atoms with van der Waals surface area (Å²) in [4.78, 5) is 23.8. The Morgan fingerprint density at radius 1 is 1.32 bits per heavy atom. The summed E-state index contributed by atoms with van der Waals surface area (Å²) in [6, 6.07) is 7.05. The fraction of sp³-hybridized carbons (Fsp3) is 0.500. The van der Waals surface area contributed by atoms with Crippen LogP contribution in [-0.2, 0) is 9.53 Å². The van der Waals surface area contributed by atoms with E-state index in [-0.39, 0.29) is 35.9 Å². The molecule has 1 aliphatic carbocycles. The van der Waals surface area contributed by atoms with Crippen molar-refractivity contribution in [2.45, 2.75) is 31.3 Å². The molecule has 0 spiro atoms. The second kappa shape index (κ2) is 6.26. The number of amides is 1. The van der Waals surface area contributed by atoms with Crippen molar-refractivity contribution in [2.75, 3.05) is 13.7 Å². The molecule has 5 nitrogen and oxygen atoms in total. The van der Waals surface area contributed by atoms with Gasteiger partial charge in [-0.15, -0.1) is 12.4 Å². The third-order valence-electron chi connectivity index (χ3n) is 4.62. The third kappa shape index (κ3) is 2.83. The summed E-state index contributed by atoms with van der Waals surface area (Å²) >= 11 is 0. The molecule has 1 aromatic rings. The molecule has 2 N–H and O–H groups in total. The van der Waals surface area contributed by atoms with Crippen molar-refractivity contribution in [1.82, 2.24) is 10.6 Å². The summed E-state index contributed by atoms with van der Waals surface area (Å²) in [5, 5.41) is 6.38. The van der Waals surface area contributed by atoms with Crippen LogP contribution in [0.1, 0.15) is 41.7 Å². The van der Waals surface area contributed by atoms with Gasteiger partial charge in [0, 0.05) is 0 Å². The van der Waals surface area contributed by atoms with E-state index >= 15 is 0 Å². The number of hydrogen-bond donors (Lipinski definition) is 2. The molecule has 22 heavy (non-hydrogen) atoms. The Morgan fingerprint density at radius 2 is 1.95 bits per heavy atom. The van der Waals surface area contributed by atoms with Crippen LogP contribution in [-0.4, -0.2) is 31.1 Å². The summed E-state index contributed by atoms with van der Waals surface area (Å²) in [6.45, 7) is 2.91. The van der Waals surface area contributed by atoms with E-state index < -0.39 is 0 Å². The van der Waals surface area contributed by atoms with E-state index in [1.165, 1.54) is 7.11 Å². The predicted octanol–water partition coefficient (Wildman–Crippen LogP) is 1.82. The summed E-state index contributed by atoms with van der Waals surface area (Å²) in [5.41, 5.74) is 1.16. The first kappa shape index (κ1) is 16.8. The lowest BCUT2D eigenvalue weighted by Gasteiger charge is -2.36. The highest BCUT2D eigenvalue weighted by molar-refractivity contribution is 5.90. The van der Waals surface area contributed by atoms with Crippen molar-refractivity contribution in [1.29, 1.82) is 0 Å². The van der Waals surface area contributed by atoms with Gasteiger partial charge in [-0.25, -0.2) is 4.79 Å². The standard InChI is InChI=1S/C16H20N2O3.ClH/c1-10(12-3-5-13(6-4-12)14(19)21-2)18-15(20)16-7-11(8-16)9-17-16;/h3-6,10-11,17H,7-9H2,1-2H3,(H,18,20);1H/t10-,11?,16?;/m0./s1. The van der Waals surface area contributed by atoms with Crippen LogP contribution < -0.4 is 10.6 Å². The van der Waals surface area contributed by atoms with Crippen molar-refractivity contribution in [2.24, 2.45) is 5.92 Å². The molecule has 3 fully saturated rings. The molecule has 1 atom stereocenters. The minimum Gasteiger partial charge on any atom is -0.465 e. The van der Waals surface area contributed by atoms with E-state index in [9.17, 15) is 9.59 Å². The van der Waals surface area contributed by atoms with Crippen molar-refractivity contribution in [3.63, 3.8) is 0 Å². The molecular weight excluding hydrogens is 304 g/mol. The Kier molecular flexibility index (Phi) is 4.78. The van der Waals surface area contributed by atoms with E-state index in [0.29, 0.717) is 11.5 Å². The number of halogens is 1. The zero-order valence-electron chi connectivity index (χ0n) is 12.7. The smallest absolute Gasteiger partial charge is 0.337 e. The highest BCUT2D eigenvalue weighted by Gasteiger charge is 2.55. The highest BCUT2D eigenvalue weighted by atomic mass is 35.5. The van der Waals surface area contributed by atoms with Crippen molar-refractivity contribution in [3.8, 4) is 0 Å². The summed E-state index contributed by atoms with van der Waals surface area (Å²) in [5.74, 6) is 0.402. The maximum absolute atomic E-state index is 12.4. The maximum Gasteiger partial charge on any atom is 0.337 e. The molecule has 6 heteroatoms. The first-order chi connectivity index (χ1) is 10.0. The van der Waals surface area contributed by atoms with Crippen LogP contribution in [0.25, 0.3) is 0 Å². The minimum atomic E-state index is -0.354. The number of ether oxygens (including phenoxy) is 1. The van der Waals surface area contributed by atoms with E-state index in [0.717, 1.165) is 24.9 Å². The van der Waals surface area contributed by atoms with Crippen LogP contribution >= 0.6 is 12.4 Å². The van der Waals surface area contributed by atoms with Crippen LogP contribution in [0.3, 0.4) is 0 Å². The lowest BCUT2D eigenvalue weighted by atomic mass is 9.73. The number of methoxy groups -OCH3 is 1. The van der Waals surface area contributed by atoms with Crippen LogP contribution in [0, 0.1) is 5.92 Å². The average molecular weight is 325 g/mol. The monoisotopic (exact) mass is 324 g/mol. The molecule has 1 amide bonds. The van der Waals surface area contributed by atoms with Gasteiger partial charge in [0.05, 0.1) is 24.3 Å². The molecule has 2 saturated heterocycles. The fourth-order valence-electron chi connectivity index (χ4n) is 3.26. The second-order valence-electron chi connectivity index (χ2n) is 6.05. The quantitative estimate of drug-likeness (QED) is 0.829. The van der Waals surface area contributed by atoms with Gasteiger partial charge >= 0.3 is 5.97 Å². The molecule has 2 aliphatic heterocycles. The van der Waals surface area contributed by atoms with Gasteiger partial charge in [0.15, 0.2) is 0 Å². The van der Waals surface area contributed by atoms with Crippen LogP contribution in [0.2, 0.25) is 0 Å². The number of hydrogen-bond acceptors (Lipinski definition) is 4. The van der Waals surface area contributed by atoms with Crippen LogP contribution in [0.15, 0.2) is 24.3 Å². The molecule has 4 rings (SSSR count). The molecular formula is C16H21ClN2O3. The Balaban J connectivity index is 0.00000176. The number of rotatable bonds is 4. The van der Waals surface area contributed by atoms with Gasteiger partial charge < -0.3 is 15.4 Å². The number of carbonyl (C=O) groups excluding carboxylic acids is 2. The molecule has 0 aromatic heterocycles. The Bertz CT molecular complexity index is 562. The molecule has 2 heterocycles. The van der Waals surface area contributed by atoms with Crippen LogP contribution in [0.4, 0.5) is 0 Å². The first-order valence-corrected chi connectivity index (χ1v) is 7.28. The zero-order valence-corrected chi connectivity index (χ0v) is 13.5. The molecule has 1 saturated carbocycles. The number of nitrogens with one attached hydrogen (secondary N) is 2. The lowest BCUT2D eigenvalue weighted by molar-refractivity contribution is -0.130. The fourth-order valence-corrected chi connectivity index (χ4v) is 3.26. The van der Waals surface area contributed by atoms with Crippen molar-refractivity contribution in [3.05, 3.63) is 35.4 Å². The zero-order chi connectivity index (χ0) is 15.0. The summed E-state index contributed by atoms with van der Waals surface area (Å²) in [6.07, 6.45) is 1.90. The summed E-state index contributed by atoms with van der Waals surface area (Å²) < 4.78 is 4.67. The topological polar surface area (TPSA) is 67.4 Å². The van der Waals surface area contributed by atoms with Crippen molar-refractivity contribution < 1.29 is 14.3 Å². The molecule has 120 valence electrons. The van der Waals surface area contributed by atoms with E-state index in [2.05, 4.69) is 15.4 Å². The molecule has 1 aromatic carbocycles. The Labute approximate surface area is 136 Å². The molecule has 0 radical (unpaired) electrons. The first-order valence-electron chi connectivity index (χ1n) is 7.28. The predicted molar refractivity (Wildman–Crippen MR) is 85.0 cm³/mol. The van der Waals surface area contributed by atoms with E-state index in [4.69, 9.17) is 0 Å². The van der Waals surface area contributed by atoms with Gasteiger partial charge in [-0.2, -0.15) is 0 Å². The molecule has 0 unspecified atom stereocenters. The van der Waals surface area contributed by atoms with E-state index in [1.807, 2.05) is 19.1 Å².